The largest absolute Gasteiger partial charge is 0.416 e. The number of nitrogens with zero attached hydrogens (tertiary/aromatic N) is 1. The van der Waals surface area contributed by atoms with Gasteiger partial charge >= 0.3 is 6.18 Å². The van der Waals surface area contributed by atoms with Crippen LogP contribution in [0.2, 0.25) is 0 Å². The van der Waals surface area contributed by atoms with Crippen molar-refractivity contribution in [2.45, 2.75) is 6.18 Å². The fourth-order valence-corrected chi connectivity index (χ4v) is 2.39. The molecule has 0 aliphatic rings. The highest BCUT2D eigenvalue weighted by Crippen LogP contribution is 2.31. The van der Waals surface area contributed by atoms with E-state index in [1.165, 1.54) is 23.5 Å². The van der Waals surface area contributed by atoms with E-state index in [0.29, 0.717) is 10.4 Å². The van der Waals surface area contributed by atoms with Crippen LogP contribution in [0.4, 0.5) is 13.2 Å². The average Bonchev–Trinajstić information content (AvgIpc) is 2.92. The molecular formula is C14H9F3N2S. The molecule has 0 aliphatic heterocycles. The Hall–Kier alpha value is -2.26. The Balaban J connectivity index is 2.43. The Labute approximate surface area is 117 Å². The molecule has 0 saturated heterocycles. The summed E-state index contributed by atoms with van der Waals surface area (Å²) < 4.78 is 37.4. The Bertz CT molecular complexity index is 662. The van der Waals surface area contributed by atoms with Crippen molar-refractivity contribution in [1.29, 1.82) is 5.26 Å². The molecule has 2 rings (SSSR count). The van der Waals surface area contributed by atoms with Crippen LogP contribution in [-0.4, -0.2) is 0 Å². The highest BCUT2D eigenvalue weighted by Gasteiger charge is 2.30. The first-order valence-electron chi connectivity index (χ1n) is 5.55. The van der Waals surface area contributed by atoms with Crippen LogP contribution in [0.1, 0.15) is 16.0 Å². The molecular weight excluding hydrogens is 285 g/mol. The molecule has 6 heteroatoms. The molecule has 0 unspecified atom stereocenters. The van der Waals surface area contributed by atoms with Crippen LogP contribution in [0.3, 0.4) is 0 Å². The first-order valence-corrected chi connectivity index (χ1v) is 6.43. The molecule has 0 amide bonds. The van der Waals surface area contributed by atoms with Gasteiger partial charge in [0.1, 0.15) is 6.07 Å². The topological polar surface area (TPSA) is 49.8 Å². The van der Waals surface area contributed by atoms with Crippen molar-refractivity contribution in [3.8, 4) is 6.07 Å². The highest BCUT2D eigenvalue weighted by atomic mass is 32.1. The van der Waals surface area contributed by atoms with E-state index in [0.717, 1.165) is 12.1 Å². The zero-order valence-corrected chi connectivity index (χ0v) is 10.9. The lowest BCUT2D eigenvalue weighted by molar-refractivity contribution is -0.137. The molecule has 0 aliphatic carbocycles. The van der Waals surface area contributed by atoms with E-state index >= 15 is 0 Å². The Morgan fingerprint density at radius 3 is 2.25 bits per heavy atom. The number of hydrogen-bond donors (Lipinski definition) is 1. The molecule has 1 aromatic heterocycles. The van der Waals surface area contributed by atoms with Gasteiger partial charge < -0.3 is 5.73 Å². The van der Waals surface area contributed by atoms with E-state index in [1.54, 1.807) is 17.5 Å². The molecule has 0 fully saturated rings. The van der Waals surface area contributed by atoms with Gasteiger partial charge in [0.2, 0.25) is 0 Å². The van der Waals surface area contributed by atoms with Gasteiger partial charge in [-0.1, -0.05) is 18.2 Å². The standard InChI is InChI=1S/C14H9F3N2S/c15-14(16,17)10-5-3-9(4-6-10)13(19)11(8-18)12-2-1-7-20-12/h1-7H,19H2/b13-11-. The summed E-state index contributed by atoms with van der Waals surface area (Å²) in [6.07, 6.45) is -4.39. The number of allylic oxidation sites excluding steroid dienone is 1. The van der Waals surface area contributed by atoms with E-state index < -0.39 is 11.7 Å². The Kier molecular flexibility index (Phi) is 3.81. The minimum Gasteiger partial charge on any atom is -0.397 e. The third-order valence-corrected chi connectivity index (χ3v) is 3.56. The molecule has 0 bridgehead atoms. The number of nitrogens with two attached hydrogens (primary N) is 1. The van der Waals surface area contributed by atoms with Gasteiger partial charge in [-0.25, -0.2) is 0 Å². The minimum absolute atomic E-state index is 0.170. The maximum atomic E-state index is 12.5. The zero-order valence-electron chi connectivity index (χ0n) is 10.1. The predicted octanol–water partition coefficient (Wildman–Crippen LogP) is 4.12. The molecule has 20 heavy (non-hydrogen) atoms. The van der Waals surface area contributed by atoms with Gasteiger partial charge in [0.15, 0.2) is 0 Å². The van der Waals surface area contributed by atoms with Gasteiger partial charge in [-0.05, 0) is 29.1 Å². The SMILES string of the molecule is N#C/C(=C(/N)c1ccc(C(F)(F)F)cc1)c1cccs1. The summed E-state index contributed by atoms with van der Waals surface area (Å²) in [5, 5.41) is 11.0. The molecule has 1 heterocycles. The second kappa shape index (κ2) is 5.39. The number of hydrogen-bond acceptors (Lipinski definition) is 3. The Morgan fingerprint density at radius 1 is 1.15 bits per heavy atom. The quantitative estimate of drug-likeness (QED) is 0.847. The monoisotopic (exact) mass is 294 g/mol. The first kappa shape index (κ1) is 14.2. The lowest BCUT2D eigenvalue weighted by atomic mass is 10.0. The van der Waals surface area contributed by atoms with Gasteiger partial charge in [-0.2, -0.15) is 18.4 Å². The number of thiophene rings is 1. The van der Waals surface area contributed by atoms with Crippen LogP contribution in [0.25, 0.3) is 11.3 Å². The van der Waals surface area contributed by atoms with Gasteiger partial charge in [0.25, 0.3) is 0 Å². The summed E-state index contributed by atoms with van der Waals surface area (Å²) in [6.45, 7) is 0. The molecule has 102 valence electrons. The molecule has 0 atom stereocenters. The fourth-order valence-electron chi connectivity index (χ4n) is 1.65. The van der Waals surface area contributed by atoms with Gasteiger partial charge in [-0.3, -0.25) is 0 Å². The van der Waals surface area contributed by atoms with E-state index in [2.05, 4.69) is 0 Å². The predicted molar refractivity (Wildman–Crippen MR) is 72.4 cm³/mol. The summed E-state index contributed by atoms with van der Waals surface area (Å²) >= 11 is 1.35. The third-order valence-electron chi connectivity index (χ3n) is 2.67. The molecule has 1 aromatic carbocycles. The van der Waals surface area contributed by atoms with Crippen molar-refractivity contribution >= 4 is 22.6 Å². The van der Waals surface area contributed by atoms with Crippen LogP contribution < -0.4 is 5.73 Å². The van der Waals surface area contributed by atoms with Crippen LogP contribution in [0.15, 0.2) is 41.8 Å². The summed E-state index contributed by atoms with van der Waals surface area (Å²) in [5.74, 6) is 0. The average molecular weight is 294 g/mol. The molecule has 2 aromatic rings. The summed E-state index contributed by atoms with van der Waals surface area (Å²) in [7, 11) is 0. The lowest BCUT2D eigenvalue weighted by Gasteiger charge is -2.08. The van der Waals surface area contributed by atoms with E-state index in [9.17, 15) is 13.2 Å². The number of halogens is 3. The number of rotatable bonds is 2. The number of alkyl halides is 3. The van der Waals surface area contributed by atoms with Crippen LogP contribution in [0.5, 0.6) is 0 Å². The fraction of sp³-hybridized carbons (Fsp3) is 0.0714. The van der Waals surface area contributed by atoms with Crippen molar-refractivity contribution in [2.75, 3.05) is 0 Å². The summed E-state index contributed by atoms with van der Waals surface area (Å²) in [4.78, 5) is 0.685. The smallest absolute Gasteiger partial charge is 0.397 e. The number of benzene rings is 1. The van der Waals surface area contributed by atoms with Crippen LogP contribution in [0, 0.1) is 11.3 Å². The molecule has 0 radical (unpaired) electrons. The van der Waals surface area contributed by atoms with Crippen molar-refractivity contribution < 1.29 is 13.2 Å². The Morgan fingerprint density at radius 2 is 1.80 bits per heavy atom. The van der Waals surface area contributed by atoms with Crippen molar-refractivity contribution in [1.82, 2.24) is 0 Å². The molecule has 2 N–H and O–H groups in total. The van der Waals surface area contributed by atoms with E-state index in [-0.39, 0.29) is 11.3 Å². The second-order valence-corrected chi connectivity index (χ2v) is 4.90. The van der Waals surface area contributed by atoms with Crippen LogP contribution >= 0.6 is 11.3 Å². The zero-order chi connectivity index (χ0) is 14.8. The summed E-state index contributed by atoms with van der Waals surface area (Å²) in [6, 6.07) is 9.94. The molecule has 0 spiro atoms. The second-order valence-electron chi connectivity index (χ2n) is 3.95. The van der Waals surface area contributed by atoms with Crippen LogP contribution in [-0.2, 0) is 6.18 Å². The number of nitriles is 1. The van der Waals surface area contributed by atoms with E-state index in [4.69, 9.17) is 11.0 Å². The molecule has 2 nitrogen and oxygen atoms in total. The van der Waals surface area contributed by atoms with Gasteiger partial charge in [0, 0.05) is 4.88 Å². The minimum atomic E-state index is -4.39. The first-order chi connectivity index (χ1) is 9.43. The van der Waals surface area contributed by atoms with Crippen molar-refractivity contribution in [2.24, 2.45) is 5.73 Å². The maximum Gasteiger partial charge on any atom is 0.416 e. The molecule has 0 saturated carbocycles. The van der Waals surface area contributed by atoms with Crippen molar-refractivity contribution in [3.63, 3.8) is 0 Å². The third kappa shape index (κ3) is 2.83. The maximum absolute atomic E-state index is 12.5. The lowest BCUT2D eigenvalue weighted by Crippen LogP contribution is -2.06. The van der Waals surface area contributed by atoms with Gasteiger partial charge in [0.05, 0.1) is 16.8 Å². The van der Waals surface area contributed by atoms with Crippen molar-refractivity contribution in [3.05, 3.63) is 57.8 Å². The summed E-state index contributed by atoms with van der Waals surface area (Å²) in [5.41, 5.74) is 5.96. The highest BCUT2D eigenvalue weighted by molar-refractivity contribution is 7.11. The van der Waals surface area contributed by atoms with E-state index in [1.807, 2.05) is 6.07 Å². The normalized spacial score (nSPS) is 12.7. The van der Waals surface area contributed by atoms with Gasteiger partial charge in [-0.15, -0.1) is 11.3 Å².